The normalized spacial score (nSPS) is 27.1. The molecule has 1 aliphatic heterocycles. The van der Waals surface area contributed by atoms with Crippen molar-refractivity contribution in [2.45, 2.75) is 25.9 Å². The molecule has 0 aromatic rings. The first-order valence-corrected chi connectivity index (χ1v) is 3.53. The fourth-order valence-corrected chi connectivity index (χ4v) is 1.11. The third-order valence-corrected chi connectivity index (χ3v) is 1.87. The summed E-state index contributed by atoms with van der Waals surface area (Å²) in [6.45, 7) is 2.71. The van der Waals surface area contributed by atoms with Gasteiger partial charge >= 0.3 is 5.97 Å². The van der Waals surface area contributed by atoms with Gasteiger partial charge in [0.05, 0.1) is 12.5 Å². The van der Waals surface area contributed by atoms with E-state index >= 15 is 0 Å². The maximum Gasteiger partial charge on any atom is 0.303 e. The van der Waals surface area contributed by atoms with Crippen LogP contribution in [0, 0.1) is 5.92 Å². The van der Waals surface area contributed by atoms with E-state index < -0.39 is 5.97 Å². The largest absolute Gasteiger partial charge is 0.481 e. The summed E-state index contributed by atoms with van der Waals surface area (Å²) in [7, 11) is 0. The Morgan fingerprint density at radius 2 is 2.50 bits per heavy atom. The van der Waals surface area contributed by atoms with E-state index in [9.17, 15) is 4.79 Å². The van der Waals surface area contributed by atoms with Gasteiger partial charge in [-0.25, -0.2) is 0 Å². The van der Waals surface area contributed by atoms with Crippen LogP contribution in [0.15, 0.2) is 0 Å². The van der Waals surface area contributed by atoms with Gasteiger partial charge in [-0.05, 0) is 12.3 Å². The second kappa shape index (κ2) is 3.01. The quantitative estimate of drug-likeness (QED) is 0.639. The number of hydrogen-bond acceptors (Lipinski definition) is 2. The first kappa shape index (κ1) is 7.54. The highest BCUT2D eigenvalue weighted by Gasteiger charge is 2.26. The second-order valence-corrected chi connectivity index (χ2v) is 2.77. The molecule has 2 atom stereocenters. The maximum atomic E-state index is 10.2. The minimum atomic E-state index is -0.733. The van der Waals surface area contributed by atoms with Gasteiger partial charge in [-0.2, -0.15) is 0 Å². The van der Waals surface area contributed by atoms with Gasteiger partial charge in [0.25, 0.3) is 0 Å². The van der Waals surface area contributed by atoms with Crippen LogP contribution in [0.2, 0.25) is 0 Å². The standard InChI is InChI=1S/C7H12O3/c1-5(4-7(8)9)6-2-3-10-6/h5-6H,2-4H2,1H3,(H,8,9). The SMILES string of the molecule is CC(CC(=O)O)C1CCO1. The van der Waals surface area contributed by atoms with Crippen molar-refractivity contribution in [1.82, 2.24) is 0 Å². The molecular weight excluding hydrogens is 132 g/mol. The van der Waals surface area contributed by atoms with Crippen molar-refractivity contribution in [2.24, 2.45) is 5.92 Å². The zero-order valence-corrected chi connectivity index (χ0v) is 6.04. The van der Waals surface area contributed by atoms with Crippen LogP contribution in [-0.2, 0) is 9.53 Å². The van der Waals surface area contributed by atoms with Crippen molar-refractivity contribution < 1.29 is 14.6 Å². The summed E-state index contributed by atoms with van der Waals surface area (Å²) in [5.74, 6) is -0.561. The molecule has 0 aromatic heterocycles. The van der Waals surface area contributed by atoms with Crippen LogP contribution in [0.1, 0.15) is 19.8 Å². The van der Waals surface area contributed by atoms with Crippen LogP contribution in [0.4, 0.5) is 0 Å². The van der Waals surface area contributed by atoms with Gasteiger partial charge in [-0.15, -0.1) is 0 Å². The Balaban J connectivity index is 2.19. The summed E-state index contributed by atoms with van der Waals surface area (Å²) in [5, 5.41) is 8.40. The number of rotatable bonds is 3. The molecule has 1 aliphatic rings. The molecule has 1 fully saturated rings. The lowest BCUT2D eigenvalue weighted by molar-refractivity contribution is -0.142. The van der Waals surface area contributed by atoms with Crippen molar-refractivity contribution in [1.29, 1.82) is 0 Å². The van der Waals surface area contributed by atoms with Gasteiger partial charge < -0.3 is 9.84 Å². The van der Waals surface area contributed by atoms with Crippen LogP contribution in [0.3, 0.4) is 0 Å². The smallest absolute Gasteiger partial charge is 0.303 e. The highest BCUT2D eigenvalue weighted by Crippen LogP contribution is 2.22. The van der Waals surface area contributed by atoms with E-state index in [4.69, 9.17) is 9.84 Å². The van der Waals surface area contributed by atoms with Crippen molar-refractivity contribution in [3.8, 4) is 0 Å². The fourth-order valence-electron chi connectivity index (χ4n) is 1.11. The van der Waals surface area contributed by atoms with Crippen LogP contribution >= 0.6 is 0 Å². The zero-order chi connectivity index (χ0) is 7.56. The molecular formula is C7H12O3. The Morgan fingerprint density at radius 1 is 1.90 bits per heavy atom. The molecule has 2 unspecified atom stereocenters. The van der Waals surface area contributed by atoms with Gasteiger partial charge in [-0.1, -0.05) is 6.92 Å². The lowest BCUT2D eigenvalue weighted by atomic mass is 9.96. The van der Waals surface area contributed by atoms with E-state index in [1.807, 2.05) is 6.92 Å². The van der Waals surface area contributed by atoms with Gasteiger partial charge in [-0.3, -0.25) is 4.79 Å². The highest BCUT2D eigenvalue weighted by molar-refractivity contribution is 5.67. The summed E-state index contributed by atoms with van der Waals surface area (Å²) in [6, 6.07) is 0. The van der Waals surface area contributed by atoms with Gasteiger partial charge in [0.15, 0.2) is 0 Å². The highest BCUT2D eigenvalue weighted by atomic mass is 16.5. The van der Waals surface area contributed by atoms with Gasteiger partial charge in [0.2, 0.25) is 0 Å². The third kappa shape index (κ3) is 1.70. The molecule has 0 spiro atoms. The number of carboxylic acids is 1. The Labute approximate surface area is 60.0 Å². The molecule has 10 heavy (non-hydrogen) atoms. The Kier molecular flexibility index (Phi) is 2.27. The summed E-state index contributed by atoms with van der Waals surface area (Å²) in [5.41, 5.74) is 0. The summed E-state index contributed by atoms with van der Waals surface area (Å²) in [6.07, 6.45) is 1.45. The molecule has 0 radical (unpaired) electrons. The lowest BCUT2D eigenvalue weighted by Gasteiger charge is -2.30. The van der Waals surface area contributed by atoms with Crippen LogP contribution in [0.25, 0.3) is 0 Å². The summed E-state index contributed by atoms with van der Waals surface area (Å²) < 4.78 is 5.13. The summed E-state index contributed by atoms with van der Waals surface area (Å²) in [4.78, 5) is 10.2. The fraction of sp³-hybridized carbons (Fsp3) is 0.857. The maximum absolute atomic E-state index is 10.2. The van der Waals surface area contributed by atoms with Gasteiger partial charge in [0.1, 0.15) is 0 Å². The number of carbonyl (C=O) groups is 1. The molecule has 1 rings (SSSR count). The van der Waals surface area contributed by atoms with Crippen molar-refractivity contribution in [3.05, 3.63) is 0 Å². The van der Waals surface area contributed by atoms with Crippen LogP contribution < -0.4 is 0 Å². The molecule has 3 nitrogen and oxygen atoms in total. The van der Waals surface area contributed by atoms with E-state index in [2.05, 4.69) is 0 Å². The molecule has 1 N–H and O–H groups in total. The molecule has 0 bridgehead atoms. The Morgan fingerprint density at radius 3 is 2.80 bits per heavy atom. The zero-order valence-electron chi connectivity index (χ0n) is 6.04. The number of ether oxygens (including phenoxy) is 1. The van der Waals surface area contributed by atoms with Crippen LogP contribution in [-0.4, -0.2) is 23.8 Å². The Bertz CT molecular complexity index is 129. The minimum Gasteiger partial charge on any atom is -0.481 e. The second-order valence-electron chi connectivity index (χ2n) is 2.77. The van der Waals surface area contributed by atoms with E-state index in [-0.39, 0.29) is 18.4 Å². The van der Waals surface area contributed by atoms with Gasteiger partial charge in [0, 0.05) is 6.61 Å². The summed E-state index contributed by atoms with van der Waals surface area (Å²) >= 11 is 0. The lowest BCUT2D eigenvalue weighted by Crippen LogP contribution is -2.34. The third-order valence-electron chi connectivity index (χ3n) is 1.87. The first-order chi connectivity index (χ1) is 4.70. The molecule has 3 heteroatoms. The predicted octanol–water partition coefficient (Wildman–Crippen LogP) is 0.886. The number of hydrogen-bond donors (Lipinski definition) is 1. The molecule has 0 aliphatic carbocycles. The van der Waals surface area contributed by atoms with Crippen molar-refractivity contribution in [3.63, 3.8) is 0 Å². The van der Waals surface area contributed by atoms with E-state index in [0.29, 0.717) is 0 Å². The topological polar surface area (TPSA) is 46.5 Å². The minimum absolute atomic E-state index is 0.172. The molecule has 0 aromatic carbocycles. The molecule has 0 amide bonds. The Hall–Kier alpha value is -0.570. The van der Waals surface area contributed by atoms with Crippen molar-refractivity contribution >= 4 is 5.97 Å². The van der Waals surface area contributed by atoms with Crippen LogP contribution in [0.5, 0.6) is 0 Å². The van der Waals surface area contributed by atoms with E-state index in [0.717, 1.165) is 13.0 Å². The van der Waals surface area contributed by atoms with Crippen molar-refractivity contribution in [2.75, 3.05) is 6.61 Å². The number of aliphatic carboxylic acids is 1. The first-order valence-electron chi connectivity index (χ1n) is 3.53. The number of carboxylic acid groups (broad SMARTS) is 1. The predicted molar refractivity (Wildman–Crippen MR) is 35.8 cm³/mol. The molecule has 0 saturated carbocycles. The monoisotopic (exact) mass is 144 g/mol. The molecule has 1 saturated heterocycles. The average molecular weight is 144 g/mol. The average Bonchev–Trinajstić information content (AvgIpc) is 1.55. The molecule has 58 valence electrons. The molecule has 1 heterocycles. The van der Waals surface area contributed by atoms with E-state index in [1.165, 1.54) is 0 Å². The van der Waals surface area contributed by atoms with E-state index in [1.54, 1.807) is 0 Å².